The normalized spacial score (nSPS) is 22.2. The Labute approximate surface area is 139 Å². The van der Waals surface area contributed by atoms with Crippen LogP contribution in [0.25, 0.3) is 0 Å². The highest BCUT2D eigenvalue weighted by molar-refractivity contribution is 9.10. The molecule has 0 aliphatic carbocycles. The molecule has 1 unspecified atom stereocenters. The van der Waals surface area contributed by atoms with Crippen LogP contribution < -0.4 is 5.32 Å². The maximum absolute atomic E-state index is 12.5. The molecule has 6 heteroatoms. The number of hydrogen-bond donors (Lipinski definition) is 1. The molecule has 120 valence electrons. The van der Waals surface area contributed by atoms with Gasteiger partial charge in [0.1, 0.15) is 11.1 Å². The fourth-order valence-corrected chi connectivity index (χ4v) is 2.72. The van der Waals surface area contributed by atoms with E-state index in [0.717, 1.165) is 10.0 Å². The van der Waals surface area contributed by atoms with Gasteiger partial charge in [-0.25, -0.2) is 4.79 Å². The Morgan fingerprint density at radius 3 is 2.45 bits per heavy atom. The minimum atomic E-state index is -1.08. The van der Waals surface area contributed by atoms with Gasteiger partial charge >= 0.3 is 6.09 Å². The largest absolute Gasteiger partial charge is 0.444 e. The maximum Gasteiger partial charge on any atom is 0.411 e. The molecule has 1 aliphatic heterocycles. The van der Waals surface area contributed by atoms with Crippen molar-refractivity contribution in [3.8, 4) is 0 Å². The van der Waals surface area contributed by atoms with E-state index in [9.17, 15) is 9.59 Å². The van der Waals surface area contributed by atoms with Crippen molar-refractivity contribution in [2.24, 2.45) is 0 Å². The van der Waals surface area contributed by atoms with Gasteiger partial charge < -0.3 is 10.1 Å². The molecule has 22 heavy (non-hydrogen) atoms. The molecule has 1 heterocycles. The first kappa shape index (κ1) is 16.8. The van der Waals surface area contributed by atoms with Gasteiger partial charge in [0.25, 0.3) is 5.91 Å². The predicted molar refractivity (Wildman–Crippen MR) is 87.4 cm³/mol. The molecule has 2 rings (SSSR count). The van der Waals surface area contributed by atoms with E-state index in [1.165, 1.54) is 4.90 Å². The molecule has 1 fully saturated rings. The first-order valence-electron chi connectivity index (χ1n) is 7.19. The monoisotopic (exact) mass is 368 g/mol. The van der Waals surface area contributed by atoms with E-state index in [-0.39, 0.29) is 5.91 Å². The number of halogens is 1. The molecule has 1 N–H and O–H groups in total. The van der Waals surface area contributed by atoms with Crippen molar-refractivity contribution < 1.29 is 14.3 Å². The molecule has 1 aromatic rings. The summed E-state index contributed by atoms with van der Waals surface area (Å²) in [6.45, 7) is 8.01. The Hall–Kier alpha value is -1.56. The third-order valence-corrected chi connectivity index (χ3v) is 4.15. The Balaban J connectivity index is 2.40. The standard InChI is InChI=1S/C16H21BrN2O3/c1-15(2,3)22-14(21)19-10-9-18-13(20)16(19,4)11-5-7-12(17)8-6-11/h5-8H,9-10H2,1-4H3,(H,18,20). The van der Waals surface area contributed by atoms with E-state index in [4.69, 9.17) is 4.74 Å². The van der Waals surface area contributed by atoms with Crippen molar-refractivity contribution in [3.63, 3.8) is 0 Å². The SMILES string of the molecule is CC(C)(C)OC(=O)N1CCNC(=O)C1(C)c1ccc(Br)cc1. The highest BCUT2D eigenvalue weighted by Gasteiger charge is 2.47. The van der Waals surface area contributed by atoms with Gasteiger partial charge in [-0.3, -0.25) is 9.69 Å². The smallest absolute Gasteiger partial charge is 0.411 e. The second-order valence-electron chi connectivity index (χ2n) is 6.47. The summed E-state index contributed by atoms with van der Waals surface area (Å²) in [7, 11) is 0. The average Bonchev–Trinajstić information content (AvgIpc) is 2.40. The van der Waals surface area contributed by atoms with E-state index in [2.05, 4.69) is 21.2 Å². The minimum Gasteiger partial charge on any atom is -0.444 e. The van der Waals surface area contributed by atoms with E-state index < -0.39 is 17.2 Å². The number of ether oxygens (including phenoxy) is 1. The van der Waals surface area contributed by atoms with Gasteiger partial charge in [0.2, 0.25) is 0 Å². The van der Waals surface area contributed by atoms with Gasteiger partial charge in [0.15, 0.2) is 0 Å². The zero-order chi connectivity index (χ0) is 16.5. The lowest BCUT2D eigenvalue weighted by atomic mass is 9.87. The van der Waals surface area contributed by atoms with Crippen LogP contribution in [-0.4, -0.2) is 35.6 Å². The third kappa shape index (κ3) is 3.27. The zero-order valence-electron chi connectivity index (χ0n) is 13.3. The summed E-state index contributed by atoms with van der Waals surface area (Å²) in [4.78, 5) is 26.5. The van der Waals surface area contributed by atoms with Crippen LogP contribution in [0.5, 0.6) is 0 Å². The summed E-state index contributed by atoms with van der Waals surface area (Å²) in [6, 6.07) is 7.39. The lowest BCUT2D eigenvalue weighted by Gasteiger charge is -2.43. The highest BCUT2D eigenvalue weighted by atomic mass is 79.9. The van der Waals surface area contributed by atoms with E-state index in [0.29, 0.717) is 13.1 Å². The summed E-state index contributed by atoms with van der Waals surface area (Å²) in [6.07, 6.45) is -0.479. The van der Waals surface area contributed by atoms with Crippen molar-refractivity contribution in [1.29, 1.82) is 0 Å². The number of amides is 2. The summed E-state index contributed by atoms with van der Waals surface area (Å²) >= 11 is 3.38. The van der Waals surface area contributed by atoms with Gasteiger partial charge in [0.05, 0.1) is 0 Å². The predicted octanol–water partition coefficient (Wildman–Crippen LogP) is 3.03. The highest BCUT2D eigenvalue weighted by Crippen LogP contribution is 2.32. The van der Waals surface area contributed by atoms with Crippen LogP contribution >= 0.6 is 15.9 Å². The Morgan fingerprint density at radius 1 is 1.32 bits per heavy atom. The average molecular weight is 369 g/mol. The van der Waals surface area contributed by atoms with E-state index in [1.807, 2.05) is 45.0 Å². The quantitative estimate of drug-likeness (QED) is 0.828. The second kappa shape index (κ2) is 5.91. The van der Waals surface area contributed by atoms with Crippen LogP contribution in [0.4, 0.5) is 4.79 Å². The van der Waals surface area contributed by atoms with Crippen molar-refractivity contribution in [3.05, 3.63) is 34.3 Å². The van der Waals surface area contributed by atoms with Crippen molar-refractivity contribution in [1.82, 2.24) is 10.2 Å². The first-order chi connectivity index (χ1) is 10.1. The first-order valence-corrected chi connectivity index (χ1v) is 7.99. The van der Waals surface area contributed by atoms with E-state index in [1.54, 1.807) is 6.92 Å². The van der Waals surface area contributed by atoms with Gasteiger partial charge in [-0.05, 0) is 45.4 Å². The molecule has 5 nitrogen and oxygen atoms in total. The van der Waals surface area contributed by atoms with Gasteiger partial charge in [-0.2, -0.15) is 0 Å². The number of nitrogens with one attached hydrogen (secondary N) is 1. The summed E-state index contributed by atoms with van der Waals surface area (Å²) in [5.41, 5.74) is -0.939. The number of rotatable bonds is 1. The van der Waals surface area contributed by atoms with Gasteiger partial charge in [-0.1, -0.05) is 28.1 Å². The topological polar surface area (TPSA) is 58.6 Å². The van der Waals surface area contributed by atoms with Gasteiger partial charge in [0, 0.05) is 17.6 Å². The fraction of sp³-hybridized carbons (Fsp3) is 0.500. The molecule has 2 amide bonds. The molecule has 0 saturated carbocycles. The fourth-order valence-electron chi connectivity index (χ4n) is 2.45. The van der Waals surface area contributed by atoms with Crippen molar-refractivity contribution in [2.75, 3.05) is 13.1 Å². The molecule has 0 aromatic heterocycles. The summed E-state index contributed by atoms with van der Waals surface area (Å²) < 4.78 is 6.38. The number of benzene rings is 1. The Kier molecular flexibility index (Phi) is 4.52. The molecule has 0 bridgehead atoms. The minimum absolute atomic E-state index is 0.202. The van der Waals surface area contributed by atoms with Crippen LogP contribution in [0.2, 0.25) is 0 Å². The van der Waals surface area contributed by atoms with Crippen molar-refractivity contribution >= 4 is 27.9 Å². The number of hydrogen-bond acceptors (Lipinski definition) is 3. The Bertz CT molecular complexity index is 580. The van der Waals surface area contributed by atoms with Gasteiger partial charge in [-0.15, -0.1) is 0 Å². The van der Waals surface area contributed by atoms with Crippen LogP contribution in [0, 0.1) is 0 Å². The molecule has 0 radical (unpaired) electrons. The van der Waals surface area contributed by atoms with Crippen LogP contribution in [0.3, 0.4) is 0 Å². The molecule has 1 atom stereocenters. The summed E-state index contributed by atoms with van der Waals surface area (Å²) in [5.74, 6) is -0.202. The van der Waals surface area contributed by atoms with Crippen LogP contribution in [0.1, 0.15) is 33.3 Å². The Morgan fingerprint density at radius 2 is 1.91 bits per heavy atom. The lowest BCUT2D eigenvalue weighted by molar-refractivity contribution is -0.136. The number of nitrogens with zero attached hydrogens (tertiary/aromatic N) is 1. The van der Waals surface area contributed by atoms with E-state index >= 15 is 0 Å². The summed E-state index contributed by atoms with van der Waals surface area (Å²) in [5, 5.41) is 2.83. The third-order valence-electron chi connectivity index (χ3n) is 3.62. The number of carbonyl (C=O) groups is 2. The van der Waals surface area contributed by atoms with Crippen LogP contribution in [-0.2, 0) is 15.1 Å². The number of piperazine rings is 1. The lowest BCUT2D eigenvalue weighted by Crippen LogP contribution is -2.63. The maximum atomic E-state index is 12.5. The molecule has 1 aliphatic rings. The number of carbonyl (C=O) groups excluding carboxylic acids is 2. The van der Waals surface area contributed by atoms with Crippen LogP contribution in [0.15, 0.2) is 28.7 Å². The molecule has 1 saturated heterocycles. The zero-order valence-corrected chi connectivity index (χ0v) is 14.9. The molecule has 0 spiro atoms. The molecular formula is C16H21BrN2O3. The van der Waals surface area contributed by atoms with Crippen molar-refractivity contribution in [2.45, 2.75) is 38.8 Å². The molecule has 1 aromatic carbocycles. The second-order valence-corrected chi connectivity index (χ2v) is 7.38. The molecular weight excluding hydrogens is 348 g/mol.